The van der Waals surface area contributed by atoms with E-state index in [1.165, 1.54) is 5.56 Å². The van der Waals surface area contributed by atoms with E-state index in [2.05, 4.69) is 34.5 Å². The highest BCUT2D eigenvalue weighted by molar-refractivity contribution is 5.81. The third-order valence-corrected chi connectivity index (χ3v) is 4.93. The van der Waals surface area contributed by atoms with E-state index in [0.717, 1.165) is 39.0 Å². The number of carbonyl (C=O) groups is 1. The van der Waals surface area contributed by atoms with Crippen LogP contribution in [0.15, 0.2) is 30.3 Å². The SMILES string of the molecule is C[C@H](C(=O)NC[C@H]1CCCO1)N1CCO[C@H](Cc2ccccc2)C1. The Morgan fingerprint density at radius 3 is 2.79 bits per heavy atom. The first kappa shape index (κ1) is 17.4. The molecule has 0 unspecified atom stereocenters. The van der Waals surface area contributed by atoms with E-state index in [1.54, 1.807) is 0 Å². The smallest absolute Gasteiger partial charge is 0.237 e. The minimum atomic E-state index is -0.131. The molecule has 2 aliphatic heterocycles. The van der Waals surface area contributed by atoms with Crippen molar-refractivity contribution in [2.45, 2.75) is 44.4 Å². The van der Waals surface area contributed by atoms with Crippen LogP contribution in [-0.4, -0.2) is 61.9 Å². The highest BCUT2D eigenvalue weighted by Gasteiger charge is 2.28. The van der Waals surface area contributed by atoms with E-state index >= 15 is 0 Å². The molecule has 0 saturated carbocycles. The van der Waals surface area contributed by atoms with Crippen molar-refractivity contribution in [3.63, 3.8) is 0 Å². The first-order chi connectivity index (χ1) is 11.7. The van der Waals surface area contributed by atoms with Gasteiger partial charge in [-0.15, -0.1) is 0 Å². The van der Waals surface area contributed by atoms with Crippen molar-refractivity contribution in [1.29, 1.82) is 0 Å². The van der Waals surface area contributed by atoms with Crippen LogP contribution in [0, 0.1) is 0 Å². The summed E-state index contributed by atoms with van der Waals surface area (Å²) in [6.45, 7) is 5.71. The Morgan fingerprint density at radius 2 is 2.04 bits per heavy atom. The number of benzene rings is 1. The average molecular weight is 332 g/mol. The summed E-state index contributed by atoms with van der Waals surface area (Å²) in [7, 11) is 0. The fourth-order valence-corrected chi connectivity index (χ4v) is 3.43. The van der Waals surface area contributed by atoms with Crippen molar-refractivity contribution < 1.29 is 14.3 Å². The minimum absolute atomic E-state index is 0.0888. The van der Waals surface area contributed by atoms with Crippen LogP contribution < -0.4 is 5.32 Å². The number of rotatable bonds is 6. The van der Waals surface area contributed by atoms with Gasteiger partial charge in [-0.1, -0.05) is 30.3 Å². The van der Waals surface area contributed by atoms with E-state index in [4.69, 9.17) is 9.47 Å². The summed E-state index contributed by atoms with van der Waals surface area (Å²) in [6.07, 6.45) is 3.37. The maximum atomic E-state index is 12.4. The van der Waals surface area contributed by atoms with Crippen LogP contribution >= 0.6 is 0 Å². The van der Waals surface area contributed by atoms with Crippen LogP contribution in [0.1, 0.15) is 25.3 Å². The van der Waals surface area contributed by atoms with Crippen molar-refractivity contribution in [2.75, 3.05) is 32.8 Å². The van der Waals surface area contributed by atoms with Gasteiger partial charge in [0, 0.05) is 26.2 Å². The summed E-state index contributed by atoms with van der Waals surface area (Å²) in [6, 6.07) is 10.3. The molecule has 1 N–H and O–H groups in total. The number of nitrogens with one attached hydrogen (secondary N) is 1. The predicted molar refractivity (Wildman–Crippen MR) is 92.9 cm³/mol. The molecule has 5 heteroatoms. The Balaban J connectivity index is 1.46. The summed E-state index contributed by atoms with van der Waals surface area (Å²) in [5, 5.41) is 3.04. The van der Waals surface area contributed by atoms with Gasteiger partial charge < -0.3 is 14.8 Å². The molecular weight excluding hydrogens is 304 g/mol. The lowest BCUT2D eigenvalue weighted by molar-refractivity contribution is -0.129. The van der Waals surface area contributed by atoms with E-state index in [0.29, 0.717) is 13.2 Å². The molecule has 2 aliphatic rings. The summed E-state index contributed by atoms with van der Waals surface area (Å²) >= 11 is 0. The highest BCUT2D eigenvalue weighted by Crippen LogP contribution is 2.15. The Kier molecular flexibility index (Phi) is 6.24. The molecule has 2 heterocycles. The van der Waals surface area contributed by atoms with Crippen LogP contribution in [0.5, 0.6) is 0 Å². The van der Waals surface area contributed by atoms with Crippen molar-refractivity contribution in [2.24, 2.45) is 0 Å². The number of amides is 1. The van der Waals surface area contributed by atoms with Crippen LogP contribution in [0.2, 0.25) is 0 Å². The first-order valence-corrected chi connectivity index (χ1v) is 9.01. The van der Waals surface area contributed by atoms with Crippen molar-refractivity contribution >= 4 is 5.91 Å². The standard InChI is InChI=1S/C19H28N2O3/c1-15(19(22)20-13-17-8-5-10-23-17)21-9-11-24-18(14-21)12-16-6-3-2-4-7-16/h2-4,6-7,15,17-18H,5,8-14H2,1H3,(H,20,22)/t15-,17-,18-/m1/s1. The summed E-state index contributed by atoms with van der Waals surface area (Å²) in [4.78, 5) is 14.6. The van der Waals surface area contributed by atoms with Crippen LogP contribution in [0.4, 0.5) is 0 Å². The second-order valence-electron chi connectivity index (χ2n) is 6.73. The third-order valence-electron chi connectivity index (χ3n) is 4.93. The molecule has 2 fully saturated rings. The molecule has 1 aromatic carbocycles. The second kappa shape index (κ2) is 8.60. The van der Waals surface area contributed by atoms with E-state index in [1.807, 2.05) is 13.0 Å². The molecule has 3 atom stereocenters. The topological polar surface area (TPSA) is 50.8 Å². The van der Waals surface area contributed by atoms with Gasteiger partial charge in [0.25, 0.3) is 0 Å². The Labute approximate surface area is 144 Å². The number of hydrogen-bond acceptors (Lipinski definition) is 4. The molecule has 1 amide bonds. The second-order valence-corrected chi connectivity index (χ2v) is 6.73. The normalized spacial score (nSPS) is 26.2. The molecular formula is C19H28N2O3. The fraction of sp³-hybridized carbons (Fsp3) is 0.632. The van der Waals surface area contributed by atoms with Crippen molar-refractivity contribution in [3.8, 4) is 0 Å². The lowest BCUT2D eigenvalue weighted by Gasteiger charge is -2.36. The van der Waals surface area contributed by atoms with Gasteiger partial charge in [-0.05, 0) is 31.7 Å². The molecule has 0 radical (unpaired) electrons. The Morgan fingerprint density at radius 1 is 1.25 bits per heavy atom. The lowest BCUT2D eigenvalue weighted by Crippen LogP contribution is -2.53. The monoisotopic (exact) mass is 332 g/mol. The van der Waals surface area contributed by atoms with E-state index in [9.17, 15) is 4.79 Å². The molecule has 132 valence electrons. The number of nitrogens with zero attached hydrogens (tertiary/aromatic N) is 1. The Hall–Kier alpha value is -1.43. The zero-order valence-corrected chi connectivity index (χ0v) is 14.4. The van der Waals surface area contributed by atoms with E-state index < -0.39 is 0 Å². The number of carbonyl (C=O) groups excluding carboxylic acids is 1. The van der Waals surface area contributed by atoms with Crippen molar-refractivity contribution in [3.05, 3.63) is 35.9 Å². The molecule has 5 nitrogen and oxygen atoms in total. The van der Waals surface area contributed by atoms with Gasteiger partial charge in [0.15, 0.2) is 0 Å². The van der Waals surface area contributed by atoms with Gasteiger partial charge in [-0.25, -0.2) is 0 Å². The molecule has 3 rings (SSSR count). The maximum absolute atomic E-state index is 12.4. The predicted octanol–water partition coefficient (Wildman–Crippen LogP) is 1.61. The summed E-state index contributed by atoms with van der Waals surface area (Å²) in [5.74, 6) is 0.0888. The molecule has 0 aliphatic carbocycles. The number of ether oxygens (including phenoxy) is 2. The first-order valence-electron chi connectivity index (χ1n) is 9.01. The maximum Gasteiger partial charge on any atom is 0.237 e. The molecule has 0 bridgehead atoms. The average Bonchev–Trinajstić information content (AvgIpc) is 3.14. The largest absolute Gasteiger partial charge is 0.376 e. The van der Waals surface area contributed by atoms with Crippen molar-refractivity contribution in [1.82, 2.24) is 10.2 Å². The minimum Gasteiger partial charge on any atom is -0.376 e. The quantitative estimate of drug-likeness (QED) is 0.860. The zero-order valence-electron chi connectivity index (χ0n) is 14.4. The molecule has 0 spiro atoms. The fourth-order valence-electron chi connectivity index (χ4n) is 3.43. The van der Waals surface area contributed by atoms with Gasteiger partial charge >= 0.3 is 0 Å². The zero-order chi connectivity index (χ0) is 16.8. The van der Waals surface area contributed by atoms with Crippen LogP contribution in [0.3, 0.4) is 0 Å². The number of morpholine rings is 1. The summed E-state index contributed by atoms with van der Waals surface area (Å²) < 4.78 is 11.5. The van der Waals surface area contributed by atoms with Gasteiger partial charge in [0.2, 0.25) is 5.91 Å². The molecule has 24 heavy (non-hydrogen) atoms. The molecule has 1 aromatic rings. The highest BCUT2D eigenvalue weighted by atomic mass is 16.5. The van der Waals surface area contributed by atoms with Gasteiger partial charge in [0.05, 0.1) is 24.9 Å². The number of hydrogen-bond donors (Lipinski definition) is 1. The molecule has 2 saturated heterocycles. The van der Waals surface area contributed by atoms with Crippen LogP contribution in [0.25, 0.3) is 0 Å². The Bertz CT molecular complexity index is 517. The van der Waals surface area contributed by atoms with E-state index in [-0.39, 0.29) is 24.2 Å². The lowest BCUT2D eigenvalue weighted by atomic mass is 10.1. The molecule has 0 aromatic heterocycles. The third kappa shape index (κ3) is 4.79. The van der Waals surface area contributed by atoms with Gasteiger partial charge in [-0.3, -0.25) is 9.69 Å². The summed E-state index contributed by atoms with van der Waals surface area (Å²) in [5.41, 5.74) is 1.28. The van der Waals surface area contributed by atoms with Gasteiger partial charge in [-0.2, -0.15) is 0 Å². The van der Waals surface area contributed by atoms with Crippen LogP contribution in [-0.2, 0) is 20.7 Å². The van der Waals surface area contributed by atoms with Gasteiger partial charge in [0.1, 0.15) is 0 Å².